The van der Waals surface area contributed by atoms with Crippen LogP contribution in [0.15, 0.2) is 52.1 Å². The molecule has 0 bridgehead atoms. The topological polar surface area (TPSA) is 103 Å². The summed E-state index contributed by atoms with van der Waals surface area (Å²) in [7, 11) is -2.66. The van der Waals surface area contributed by atoms with Gasteiger partial charge >= 0.3 is 5.97 Å². The van der Waals surface area contributed by atoms with Crippen LogP contribution in [0, 0.1) is 0 Å². The van der Waals surface area contributed by atoms with Gasteiger partial charge in [0.05, 0.1) is 19.2 Å². The van der Waals surface area contributed by atoms with E-state index in [0.717, 1.165) is 11.6 Å². The fraction of sp³-hybridized carbons (Fsp3) is 0.278. The molecule has 9 heteroatoms. The molecule has 2 aromatic heterocycles. The Kier molecular flexibility index (Phi) is 5.24. The fourth-order valence-corrected chi connectivity index (χ4v) is 4.42. The lowest BCUT2D eigenvalue weighted by molar-refractivity contribution is 0.0594. The number of sulfonamides is 1. The Labute approximate surface area is 156 Å². The van der Waals surface area contributed by atoms with Gasteiger partial charge in [-0.1, -0.05) is 18.2 Å². The third-order valence-corrected chi connectivity index (χ3v) is 6.05. The average Bonchev–Trinajstić information content (AvgIpc) is 3.13. The molecule has 0 aliphatic heterocycles. The van der Waals surface area contributed by atoms with Crippen molar-refractivity contribution in [2.45, 2.75) is 31.3 Å². The Bertz CT molecular complexity index is 1070. The molecular weight excluding hydrogens is 370 g/mol. The van der Waals surface area contributed by atoms with E-state index in [0.29, 0.717) is 5.52 Å². The summed E-state index contributed by atoms with van der Waals surface area (Å²) in [6.07, 6.45) is 2.70. The smallest absolute Gasteiger partial charge is 0.360 e. The number of hydrogen-bond donors (Lipinski definition) is 0. The lowest BCUT2D eigenvalue weighted by atomic mass is 10.2. The number of rotatable bonds is 6. The standard InChI is InChI=1S/C18H19N3O5S/c1-12(2)21(10-16-20-14(11-26-16)18(22)25-3)27(23,24)15-8-4-6-13-7-5-9-19-17(13)15/h4-9,11-12H,10H2,1-3H3. The highest BCUT2D eigenvalue weighted by Crippen LogP contribution is 2.26. The summed E-state index contributed by atoms with van der Waals surface area (Å²) < 4.78 is 37.7. The lowest BCUT2D eigenvalue weighted by Crippen LogP contribution is -2.36. The number of methoxy groups -OCH3 is 1. The molecule has 27 heavy (non-hydrogen) atoms. The second-order valence-corrected chi connectivity index (χ2v) is 7.95. The highest BCUT2D eigenvalue weighted by molar-refractivity contribution is 7.89. The average molecular weight is 389 g/mol. The number of carbonyl (C=O) groups is 1. The molecule has 0 aliphatic rings. The normalized spacial score (nSPS) is 12.0. The Morgan fingerprint density at radius 2 is 2.00 bits per heavy atom. The number of carbonyl (C=O) groups excluding carboxylic acids is 1. The van der Waals surface area contributed by atoms with Crippen LogP contribution in [0.2, 0.25) is 0 Å². The number of esters is 1. The van der Waals surface area contributed by atoms with Crippen LogP contribution in [0.5, 0.6) is 0 Å². The molecule has 3 aromatic rings. The quantitative estimate of drug-likeness (QED) is 0.597. The van der Waals surface area contributed by atoms with Crippen LogP contribution < -0.4 is 0 Å². The Hall–Kier alpha value is -2.78. The van der Waals surface area contributed by atoms with Crippen molar-refractivity contribution in [3.63, 3.8) is 0 Å². The minimum absolute atomic E-state index is 0.0135. The molecule has 142 valence electrons. The van der Waals surface area contributed by atoms with Crippen molar-refractivity contribution in [1.82, 2.24) is 14.3 Å². The van der Waals surface area contributed by atoms with Gasteiger partial charge in [0, 0.05) is 17.6 Å². The molecule has 0 spiro atoms. The summed E-state index contributed by atoms with van der Waals surface area (Å²) in [4.78, 5) is 19.9. The van der Waals surface area contributed by atoms with Crippen molar-refractivity contribution in [2.75, 3.05) is 7.11 Å². The molecule has 0 saturated carbocycles. The minimum Gasteiger partial charge on any atom is -0.464 e. The van der Waals surface area contributed by atoms with Crippen LogP contribution in [-0.2, 0) is 21.3 Å². The third-order valence-electron chi connectivity index (χ3n) is 4.00. The maximum Gasteiger partial charge on any atom is 0.360 e. The molecule has 0 atom stereocenters. The van der Waals surface area contributed by atoms with Crippen molar-refractivity contribution in [2.24, 2.45) is 0 Å². The summed E-state index contributed by atoms with van der Waals surface area (Å²) >= 11 is 0. The molecule has 0 amide bonds. The number of oxazole rings is 1. The largest absolute Gasteiger partial charge is 0.464 e. The van der Waals surface area contributed by atoms with Crippen LogP contribution >= 0.6 is 0 Å². The monoisotopic (exact) mass is 389 g/mol. The molecule has 1 aromatic carbocycles. The van der Waals surface area contributed by atoms with Crippen molar-refractivity contribution in [3.05, 3.63) is 54.4 Å². The van der Waals surface area contributed by atoms with Crippen molar-refractivity contribution in [1.29, 1.82) is 0 Å². The SMILES string of the molecule is COC(=O)c1coc(CN(C(C)C)S(=O)(=O)c2cccc3cccnc23)n1. The van der Waals surface area contributed by atoms with E-state index in [4.69, 9.17) is 4.42 Å². The zero-order valence-electron chi connectivity index (χ0n) is 15.1. The zero-order valence-corrected chi connectivity index (χ0v) is 15.9. The van der Waals surface area contributed by atoms with E-state index >= 15 is 0 Å². The van der Waals surface area contributed by atoms with Gasteiger partial charge in [0.15, 0.2) is 5.69 Å². The van der Waals surface area contributed by atoms with E-state index in [9.17, 15) is 13.2 Å². The predicted molar refractivity (Wildman–Crippen MR) is 97.5 cm³/mol. The zero-order chi connectivity index (χ0) is 19.6. The molecule has 8 nitrogen and oxygen atoms in total. The molecule has 0 radical (unpaired) electrons. The number of fused-ring (bicyclic) bond motifs is 1. The number of ether oxygens (including phenoxy) is 1. The van der Waals surface area contributed by atoms with Crippen LogP contribution in [0.3, 0.4) is 0 Å². The highest BCUT2D eigenvalue weighted by atomic mass is 32.2. The number of benzene rings is 1. The summed E-state index contributed by atoms with van der Waals surface area (Å²) in [5.41, 5.74) is 0.383. The number of nitrogens with zero attached hydrogens (tertiary/aromatic N) is 3. The summed E-state index contributed by atoms with van der Waals surface area (Å²) in [6, 6.07) is 8.18. The second kappa shape index (κ2) is 7.45. The molecule has 0 fully saturated rings. The van der Waals surface area contributed by atoms with Gasteiger partial charge < -0.3 is 9.15 Å². The van der Waals surface area contributed by atoms with Crippen molar-refractivity contribution >= 4 is 26.9 Å². The van der Waals surface area contributed by atoms with Crippen LogP contribution in [0.4, 0.5) is 0 Å². The molecule has 3 rings (SSSR count). The van der Waals surface area contributed by atoms with Gasteiger partial charge in [-0.15, -0.1) is 0 Å². The summed E-state index contributed by atoms with van der Waals surface area (Å²) in [6.45, 7) is 3.38. The maximum atomic E-state index is 13.3. The molecule has 0 N–H and O–H groups in total. The predicted octanol–water partition coefficient (Wildman–Crippen LogP) is 2.61. The maximum absolute atomic E-state index is 13.3. The third kappa shape index (κ3) is 3.69. The molecule has 0 unspecified atom stereocenters. The first-order chi connectivity index (χ1) is 12.8. The summed E-state index contributed by atoms with van der Waals surface area (Å²) in [5, 5.41) is 0.728. The second-order valence-electron chi connectivity index (χ2n) is 6.09. The van der Waals surface area contributed by atoms with Crippen molar-refractivity contribution < 1.29 is 22.4 Å². The fourth-order valence-electron chi connectivity index (χ4n) is 2.67. The van der Waals surface area contributed by atoms with E-state index in [1.54, 1.807) is 44.3 Å². The van der Waals surface area contributed by atoms with Gasteiger partial charge in [0.1, 0.15) is 11.2 Å². The van der Waals surface area contributed by atoms with Gasteiger partial charge in [-0.3, -0.25) is 4.98 Å². The molecule has 0 aliphatic carbocycles. The Balaban J connectivity index is 2.01. The van der Waals surface area contributed by atoms with Gasteiger partial charge in [0.2, 0.25) is 15.9 Å². The molecule has 2 heterocycles. The van der Waals surface area contributed by atoms with Crippen molar-refractivity contribution in [3.8, 4) is 0 Å². The Morgan fingerprint density at radius 3 is 2.70 bits per heavy atom. The van der Waals surface area contributed by atoms with Gasteiger partial charge in [0.25, 0.3) is 0 Å². The van der Waals surface area contributed by atoms with E-state index in [-0.39, 0.29) is 29.1 Å². The molecular formula is C18H19N3O5S. The van der Waals surface area contributed by atoms with Gasteiger partial charge in [-0.05, 0) is 26.0 Å². The lowest BCUT2D eigenvalue weighted by Gasteiger charge is -2.25. The number of hydrogen-bond acceptors (Lipinski definition) is 7. The number of pyridine rings is 1. The van der Waals surface area contributed by atoms with Gasteiger partial charge in [-0.2, -0.15) is 4.31 Å². The molecule has 0 saturated heterocycles. The number of aromatic nitrogens is 2. The van der Waals surface area contributed by atoms with E-state index in [1.165, 1.54) is 17.5 Å². The van der Waals surface area contributed by atoms with E-state index < -0.39 is 16.0 Å². The minimum atomic E-state index is -3.89. The van der Waals surface area contributed by atoms with E-state index in [1.807, 2.05) is 0 Å². The number of para-hydroxylation sites is 1. The highest BCUT2D eigenvalue weighted by Gasteiger charge is 2.31. The first kappa shape index (κ1) is 19.0. The van der Waals surface area contributed by atoms with E-state index in [2.05, 4.69) is 14.7 Å². The first-order valence-electron chi connectivity index (χ1n) is 8.23. The van der Waals surface area contributed by atoms with Crippen LogP contribution in [-0.4, -0.2) is 41.8 Å². The van der Waals surface area contributed by atoms with Crippen LogP contribution in [0.25, 0.3) is 10.9 Å². The van der Waals surface area contributed by atoms with Crippen LogP contribution in [0.1, 0.15) is 30.2 Å². The first-order valence-corrected chi connectivity index (χ1v) is 9.67. The summed E-state index contributed by atoms with van der Waals surface area (Å²) in [5.74, 6) is -0.553. The Morgan fingerprint density at radius 1 is 1.26 bits per heavy atom. The van der Waals surface area contributed by atoms with Gasteiger partial charge in [-0.25, -0.2) is 18.2 Å².